The zero-order chi connectivity index (χ0) is 6.24. The van der Waals surface area contributed by atoms with Gasteiger partial charge in [-0.3, -0.25) is 0 Å². The summed E-state index contributed by atoms with van der Waals surface area (Å²) in [6.45, 7) is 4.42. The minimum Gasteiger partial charge on any atom is -0.193 e. The standard InChI is InChI=1S/C6H15SSi/c1-3-5-6-7-8-4-2/h4H,3,5-6,8H2,1-2H3. The van der Waals surface area contributed by atoms with Gasteiger partial charge in [-0.25, -0.2) is 0 Å². The fourth-order valence-corrected chi connectivity index (χ4v) is 3.16. The molecule has 0 saturated carbocycles. The molecule has 0 bridgehead atoms. The number of hydrogen-bond donors (Lipinski definition) is 0. The predicted molar refractivity (Wildman–Crippen MR) is 45.9 cm³/mol. The summed E-state index contributed by atoms with van der Waals surface area (Å²) in [5.74, 6) is 1.40. The van der Waals surface area contributed by atoms with Gasteiger partial charge >= 0.3 is 0 Å². The normalized spacial score (nSPS) is 11.2. The smallest absolute Gasteiger partial charge is 0.0882 e. The minimum absolute atomic E-state index is 0.193. The summed E-state index contributed by atoms with van der Waals surface area (Å²) in [4.78, 5) is 0. The van der Waals surface area contributed by atoms with Crippen LogP contribution in [0.25, 0.3) is 0 Å². The second-order valence-electron chi connectivity index (χ2n) is 1.84. The Morgan fingerprint density at radius 3 is 2.88 bits per heavy atom. The fraction of sp³-hybridized carbons (Fsp3) is 0.833. The van der Waals surface area contributed by atoms with Crippen LogP contribution >= 0.6 is 11.2 Å². The highest BCUT2D eigenvalue weighted by Crippen LogP contribution is 2.01. The van der Waals surface area contributed by atoms with Gasteiger partial charge in [0.1, 0.15) is 0 Å². The Bertz CT molecular complexity index is 33.5. The Morgan fingerprint density at radius 2 is 2.38 bits per heavy atom. The molecule has 0 amide bonds. The molecule has 0 rings (SSSR count). The fourth-order valence-electron chi connectivity index (χ4n) is 0.448. The number of rotatable bonds is 5. The number of unbranched alkanes of at least 4 members (excludes halogenated alkanes) is 1. The SMILES string of the molecule is C[CH][SiH2]SCCCC. The highest BCUT2D eigenvalue weighted by Gasteiger charge is 1.84. The first-order chi connectivity index (χ1) is 3.91. The van der Waals surface area contributed by atoms with Crippen LogP contribution < -0.4 is 0 Å². The average molecular weight is 147 g/mol. The van der Waals surface area contributed by atoms with Crippen molar-refractivity contribution in [2.45, 2.75) is 26.7 Å². The first-order valence-electron chi connectivity index (χ1n) is 3.27. The summed E-state index contributed by atoms with van der Waals surface area (Å²) >= 11 is 2.16. The van der Waals surface area contributed by atoms with E-state index in [1.807, 2.05) is 0 Å². The van der Waals surface area contributed by atoms with Gasteiger partial charge in [0, 0.05) is 0 Å². The van der Waals surface area contributed by atoms with Crippen molar-refractivity contribution < 1.29 is 0 Å². The van der Waals surface area contributed by atoms with Gasteiger partial charge in [-0.2, -0.15) is 11.2 Å². The van der Waals surface area contributed by atoms with Crippen LogP contribution in [-0.4, -0.2) is 14.4 Å². The van der Waals surface area contributed by atoms with Gasteiger partial charge < -0.3 is 0 Å². The number of hydrogen-bond acceptors (Lipinski definition) is 1. The molecule has 1 radical (unpaired) electrons. The monoisotopic (exact) mass is 147 g/mol. The maximum atomic E-state index is 2.35. The van der Waals surface area contributed by atoms with Crippen LogP contribution in [-0.2, 0) is 0 Å². The summed E-state index contributed by atoms with van der Waals surface area (Å²) in [6, 6.07) is 2.35. The molecule has 0 spiro atoms. The molecule has 0 saturated heterocycles. The van der Waals surface area contributed by atoms with Crippen molar-refractivity contribution in [1.82, 2.24) is 0 Å². The molecule has 0 heterocycles. The van der Waals surface area contributed by atoms with Crippen LogP contribution in [0.4, 0.5) is 0 Å². The van der Waals surface area contributed by atoms with Crippen molar-refractivity contribution in [2.75, 3.05) is 5.75 Å². The quantitative estimate of drug-likeness (QED) is 0.422. The topological polar surface area (TPSA) is 0 Å². The molecule has 0 fully saturated rings. The predicted octanol–water partition coefficient (Wildman–Crippen LogP) is 1.79. The van der Waals surface area contributed by atoms with Crippen molar-refractivity contribution in [3.8, 4) is 0 Å². The third-order valence-corrected chi connectivity index (χ3v) is 4.65. The van der Waals surface area contributed by atoms with E-state index in [0.29, 0.717) is 0 Å². The van der Waals surface area contributed by atoms with E-state index in [0.717, 1.165) is 0 Å². The van der Waals surface area contributed by atoms with E-state index >= 15 is 0 Å². The summed E-state index contributed by atoms with van der Waals surface area (Å²) in [6.07, 6.45) is 2.76. The van der Waals surface area contributed by atoms with Gasteiger partial charge in [-0.05, 0) is 18.2 Å². The van der Waals surface area contributed by atoms with E-state index in [-0.39, 0.29) is 8.67 Å². The molecule has 0 aromatic heterocycles. The lowest BCUT2D eigenvalue weighted by Gasteiger charge is -1.93. The second kappa shape index (κ2) is 7.57. The van der Waals surface area contributed by atoms with Gasteiger partial charge in [0.25, 0.3) is 0 Å². The highest BCUT2D eigenvalue weighted by atomic mass is 32.4. The summed E-state index contributed by atoms with van der Waals surface area (Å²) < 4.78 is 0. The van der Waals surface area contributed by atoms with Crippen LogP contribution in [0.2, 0.25) is 0 Å². The van der Waals surface area contributed by atoms with E-state index in [4.69, 9.17) is 0 Å². The maximum absolute atomic E-state index is 2.35. The third kappa shape index (κ3) is 6.57. The molecule has 0 aliphatic rings. The molecule has 0 aliphatic carbocycles. The Balaban J connectivity index is 2.53. The van der Waals surface area contributed by atoms with Gasteiger partial charge in [0.05, 0.1) is 8.67 Å². The highest BCUT2D eigenvalue weighted by molar-refractivity contribution is 8.22. The lowest BCUT2D eigenvalue weighted by atomic mass is 10.4. The molecule has 0 atom stereocenters. The Kier molecular flexibility index (Phi) is 8.10. The van der Waals surface area contributed by atoms with Gasteiger partial charge in [0.2, 0.25) is 0 Å². The Labute approximate surface area is 58.9 Å². The van der Waals surface area contributed by atoms with Gasteiger partial charge in [-0.1, -0.05) is 20.3 Å². The molecule has 0 aromatic carbocycles. The van der Waals surface area contributed by atoms with E-state index in [1.54, 1.807) is 0 Å². The molecular formula is C6H15SSi. The second-order valence-corrected chi connectivity index (χ2v) is 6.03. The van der Waals surface area contributed by atoms with Gasteiger partial charge in [-0.15, -0.1) is 0 Å². The summed E-state index contributed by atoms with van der Waals surface area (Å²) in [5, 5.41) is 0. The third-order valence-electron chi connectivity index (χ3n) is 0.927. The first kappa shape index (κ1) is 8.57. The lowest BCUT2D eigenvalue weighted by molar-refractivity contribution is 0.898. The molecular weight excluding hydrogens is 132 g/mol. The van der Waals surface area contributed by atoms with Crippen molar-refractivity contribution in [3.63, 3.8) is 0 Å². The molecule has 0 N–H and O–H groups in total. The average Bonchev–Trinajstić information content (AvgIpc) is 1.81. The van der Waals surface area contributed by atoms with Crippen LogP contribution in [0.5, 0.6) is 0 Å². The van der Waals surface area contributed by atoms with Gasteiger partial charge in [0.15, 0.2) is 0 Å². The zero-order valence-electron chi connectivity index (χ0n) is 5.81. The lowest BCUT2D eigenvalue weighted by Crippen LogP contribution is -1.84. The Morgan fingerprint density at radius 1 is 1.62 bits per heavy atom. The molecule has 8 heavy (non-hydrogen) atoms. The van der Waals surface area contributed by atoms with Crippen LogP contribution in [0.1, 0.15) is 26.7 Å². The molecule has 2 heteroatoms. The molecule has 0 unspecified atom stereocenters. The maximum Gasteiger partial charge on any atom is 0.0882 e. The van der Waals surface area contributed by atoms with E-state index < -0.39 is 0 Å². The molecule has 49 valence electrons. The van der Waals surface area contributed by atoms with Crippen molar-refractivity contribution in [3.05, 3.63) is 6.04 Å². The molecule has 0 aliphatic heterocycles. The van der Waals surface area contributed by atoms with Crippen molar-refractivity contribution in [2.24, 2.45) is 0 Å². The van der Waals surface area contributed by atoms with Crippen molar-refractivity contribution >= 4 is 19.9 Å². The first-order valence-corrected chi connectivity index (χ1v) is 6.97. The van der Waals surface area contributed by atoms with Crippen LogP contribution in [0.3, 0.4) is 0 Å². The largest absolute Gasteiger partial charge is 0.193 e. The molecule has 0 aromatic rings. The van der Waals surface area contributed by atoms with Crippen LogP contribution in [0.15, 0.2) is 0 Å². The summed E-state index contributed by atoms with van der Waals surface area (Å²) in [5.41, 5.74) is 0. The van der Waals surface area contributed by atoms with E-state index in [9.17, 15) is 0 Å². The van der Waals surface area contributed by atoms with E-state index in [1.165, 1.54) is 18.6 Å². The Hall–Kier alpha value is 0.567. The minimum atomic E-state index is 0.193. The summed E-state index contributed by atoms with van der Waals surface area (Å²) in [7, 11) is 0.193. The zero-order valence-corrected chi connectivity index (χ0v) is 8.04. The molecule has 0 nitrogen and oxygen atoms in total. The van der Waals surface area contributed by atoms with E-state index in [2.05, 4.69) is 31.1 Å². The van der Waals surface area contributed by atoms with Crippen molar-refractivity contribution in [1.29, 1.82) is 0 Å². The van der Waals surface area contributed by atoms with Crippen LogP contribution in [0, 0.1) is 6.04 Å².